The number of hydrogen-bond donors (Lipinski definition) is 0. The van der Waals surface area contributed by atoms with Gasteiger partial charge in [0.2, 0.25) is 0 Å². The molecule has 1 unspecified atom stereocenters. The molecule has 0 aromatic heterocycles. The number of hydrogen-bond acceptors (Lipinski definition) is 2. The number of carbonyl (C=O) groups is 1. The summed E-state index contributed by atoms with van der Waals surface area (Å²) < 4.78 is 0. The predicted molar refractivity (Wildman–Crippen MR) is 50.1 cm³/mol. The highest BCUT2D eigenvalue weighted by Crippen LogP contribution is 2.36. The maximum Gasteiger partial charge on any atom is 0.134 e. The molecule has 1 saturated carbocycles. The van der Waals surface area contributed by atoms with Crippen molar-refractivity contribution in [3.8, 4) is 0 Å². The van der Waals surface area contributed by atoms with Crippen molar-refractivity contribution >= 4 is 5.78 Å². The van der Waals surface area contributed by atoms with Crippen molar-refractivity contribution < 1.29 is 4.79 Å². The van der Waals surface area contributed by atoms with Gasteiger partial charge in [-0.05, 0) is 25.9 Å². The molecular formula is C10H19NO. The van der Waals surface area contributed by atoms with Crippen molar-refractivity contribution in [3.05, 3.63) is 0 Å². The van der Waals surface area contributed by atoms with Gasteiger partial charge in [0.05, 0.1) is 0 Å². The maximum absolute atomic E-state index is 11.2. The molecule has 0 amide bonds. The summed E-state index contributed by atoms with van der Waals surface area (Å²) in [6, 6.07) is 0.429. The van der Waals surface area contributed by atoms with Crippen molar-refractivity contribution in [2.75, 3.05) is 14.1 Å². The van der Waals surface area contributed by atoms with Crippen LogP contribution >= 0.6 is 0 Å². The monoisotopic (exact) mass is 169 g/mol. The summed E-state index contributed by atoms with van der Waals surface area (Å²) in [5.41, 5.74) is 0.303. The van der Waals surface area contributed by atoms with Crippen LogP contribution in [0.3, 0.4) is 0 Å². The van der Waals surface area contributed by atoms with Crippen LogP contribution in [0.15, 0.2) is 0 Å². The van der Waals surface area contributed by atoms with Gasteiger partial charge >= 0.3 is 0 Å². The molecule has 1 rings (SSSR count). The van der Waals surface area contributed by atoms with E-state index >= 15 is 0 Å². The normalized spacial score (nSPS) is 29.4. The minimum Gasteiger partial charge on any atom is -0.305 e. The minimum absolute atomic E-state index is 0.303. The van der Waals surface area contributed by atoms with Gasteiger partial charge in [0.25, 0.3) is 0 Å². The van der Waals surface area contributed by atoms with Gasteiger partial charge in [-0.3, -0.25) is 4.79 Å². The molecular weight excluding hydrogens is 150 g/mol. The second-order valence-electron chi connectivity index (χ2n) is 4.71. The fourth-order valence-corrected chi connectivity index (χ4v) is 2.10. The van der Waals surface area contributed by atoms with E-state index < -0.39 is 0 Å². The van der Waals surface area contributed by atoms with E-state index in [2.05, 4.69) is 32.8 Å². The number of carbonyl (C=O) groups excluding carboxylic acids is 1. The van der Waals surface area contributed by atoms with Crippen LogP contribution in [0.25, 0.3) is 0 Å². The van der Waals surface area contributed by atoms with E-state index in [9.17, 15) is 4.79 Å². The van der Waals surface area contributed by atoms with Crippen LogP contribution in [-0.4, -0.2) is 30.8 Å². The van der Waals surface area contributed by atoms with E-state index in [1.165, 1.54) is 0 Å². The molecule has 0 aliphatic heterocycles. The standard InChI is InChI=1S/C10H19NO/c1-10(2)6-5-8(12)7-9(10)11(3)4/h9H,5-7H2,1-4H3. The quantitative estimate of drug-likeness (QED) is 0.595. The first kappa shape index (κ1) is 9.72. The molecule has 0 bridgehead atoms. The van der Waals surface area contributed by atoms with Gasteiger partial charge in [0.1, 0.15) is 5.78 Å². The summed E-state index contributed by atoms with van der Waals surface area (Å²) in [5, 5.41) is 0. The van der Waals surface area contributed by atoms with Gasteiger partial charge in [-0.2, -0.15) is 0 Å². The lowest BCUT2D eigenvalue weighted by atomic mass is 9.72. The Morgan fingerprint density at radius 3 is 2.42 bits per heavy atom. The smallest absolute Gasteiger partial charge is 0.134 e. The predicted octanol–water partition coefficient (Wildman–Crippen LogP) is 1.70. The molecule has 0 heterocycles. The van der Waals surface area contributed by atoms with Crippen LogP contribution in [0.1, 0.15) is 33.1 Å². The first-order chi connectivity index (χ1) is 5.43. The Balaban J connectivity index is 2.72. The fraction of sp³-hybridized carbons (Fsp3) is 0.900. The third kappa shape index (κ3) is 1.86. The molecule has 70 valence electrons. The molecule has 0 radical (unpaired) electrons. The fourth-order valence-electron chi connectivity index (χ4n) is 2.10. The summed E-state index contributed by atoms with van der Waals surface area (Å²) in [6.07, 6.45) is 2.55. The van der Waals surface area contributed by atoms with Crippen LogP contribution in [0, 0.1) is 5.41 Å². The van der Waals surface area contributed by atoms with E-state index in [0.29, 0.717) is 17.2 Å². The molecule has 0 saturated heterocycles. The third-order valence-electron chi connectivity index (χ3n) is 2.99. The number of ketones is 1. The number of rotatable bonds is 1. The molecule has 2 heteroatoms. The van der Waals surface area contributed by atoms with Gasteiger partial charge < -0.3 is 4.90 Å². The van der Waals surface area contributed by atoms with E-state index in [1.54, 1.807) is 0 Å². The first-order valence-electron chi connectivity index (χ1n) is 4.61. The summed E-state index contributed by atoms with van der Waals surface area (Å²) in [4.78, 5) is 13.4. The lowest BCUT2D eigenvalue weighted by molar-refractivity contribution is -0.124. The van der Waals surface area contributed by atoms with Crippen LogP contribution in [0.4, 0.5) is 0 Å². The highest BCUT2D eigenvalue weighted by Gasteiger charge is 2.36. The topological polar surface area (TPSA) is 20.3 Å². The highest BCUT2D eigenvalue weighted by molar-refractivity contribution is 5.80. The zero-order valence-electron chi connectivity index (χ0n) is 8.55. The number of nitrogens with zero attached hydrogens (tertiary/aromatic N) is 1. The Labute approximate surface area is 74.9 Å². The van der Waals surface area contributed by atoms with Gasteiger partial charge in [-0.1, -0.05) is 13.8 Å². The summed E-state index contributed by atoms with van der Waals surface area (Å²) in [6.45, 7) is 4.51. The van der Waals surface area contributed by atoms with Crippen LogP contribution in [0.2, 0.25) is 0 Å². The lowest BCUT2D eigenvalue weighted by Crippen LogP contribution is -2.45. The van der Waals surface area contributed by atoms with Gasteiger partial charge in [-0.25, -0.2) is 0 Å². The zero-order valence-corrected chi connectivity index (χ0v) is 8.55. The highest BCUT2D eigenvalue weighted by atomic mass is 16.1. The molecule has 1 aliphatic rings. The second kappa shape index (κ2) is 3.17. The molecule has 0 aromatic carbocycles. The van der Waals surface area contributed by atoms with Crippen molar-refractivity contribution in [1.82, 2.24) is 4.90 Å². The van der Waals surface area contributed by atoms with Gasteiger partial charge in [0.15, 0.2) is 0 Å². The van der Waals surface area contributed by atoms with E-state index in [0.717, 1.165) is 19.3 Å². The lowest BCUT2D eigenvalue weighted by Gasteiger charge is -2.41. The van der Waals surface area contributed by atoms with Crippen molar-refractivity contribution in [3.63, 3.8) is 0 Å². The summed E-state index contributed by atoms with van der Waals surface area (Å²) in [7, 11) is 4.12. The molecule has 12 heavy (non-hydrogen) atoms. The van der Waals surface area contributed by atoms with Crippen LogP contribution in [0.5, 0.6) is 0 Å². The largest absolute Gasteiger partial charge is 0.305 e. The SMILES string of the molecule is CN(C)C1CC(=O)CCC1(C)C. The zero-order chi connectivity index (χ0) is 9.35. The third-order valence-corrected chi connectivity index (χ3v) is 2.99. The summed E-state index contributed by atoms with van der Waals surface area (Å²) >= 11 is 0. The Morgan fingerprint density at radius 1 is 1.42 bits per heavy atom. The van der Waals surface area contributed by atoms with Gasteiger partial charge in [0, 0.05) is 18.9 Å². The molecule has 0 aromatic rings. The molecule has 0 spiro atoms. The Bertz CT molecular complexity index is 184. The van der Waals surface area contributed by atoms with Crippen LogP contribution < -0.4 is 0 Å². The summed E-state index contributed by atoms with van der Waals surface area (Å²) in [5.74, 6) is 0.424. The van der Waals surface area contributed by atoms with Crippen LogP contribution in [-0.2, 0) is 4.79 Å². The van der Waals surface area contributed by atoms with E-state index in [1.807, 2.05) is 0 Å². The van der Waals surface area contributed by atoms with Crippen molar-refractivity contribution in [2.45, 2.75) is 39.2 Å². The van der Waals surface area contributed by atoms with Crippen molar-refractivity contribution in [2.24, 2.45) is 5.41 Å². The first-order valence-corrected chi connectivity index (χ1v) is 4.61. The minimum atomic E-state index is 0.303. The average Bonchev–Trinajstić information content (AvgIpc) is 1.94. The molecule has 0 N–H and O–H groups in total. The Morgan fingerprint density at radius 2 is 2.00 bits per heavy atom. The van der Waals surface area contributed by atoms with E-state index in [4.69, 9.17) is 0 Å². The molecule has 2 nitrogen and oxygen atoms in total. The maximum atomic E-state index is 11.2. The number of Topliss-reactive ketones (excluding diaryl/α,β-unsaturated/α-hetero) is 1. The second-order valence-corrected chi connectivity index (χ2v) is 4.71. The molecule has 1 atom stereocenters. The average molecular weight is 169 g/mol. The van der Waals surface area contributed by atoms with E-state index in [-0.39, 0.29) is 0 Å². The molecule has 1 fully saturated rings. The van der Waals surface area contributed by atoms with Crippen molar-refractivity contribution in [1.29, 1.82) is 0 Å². The van der Waals surface area contributed by atoms with Gasteiger partial charge in [-0.15, -0.1) is 0 Å². The molecule has 1 aliphatic carbocycles. The Hall–Kier alpha value is -0.370. The Kier molecular flexibility index (Phi) is 2.57.